The van der Waals surface area contributed by atoms with Crippen molar-refractivity contribution in [3.63, 3.8) is 0 Å². The molecule has 1 atom stereocenters. The largest absolute Gasteiger partial charge is 0.462 e. The maximum absolute atomic E-state index is 13.4. The molecule has 4 aliphatic heterocycles. The molecule has 4 heterocycles. The molecule has 2 N–H and O–H groups in total. The molecule has 0 spiro atoms. The van der Waals surface area contributed by atoms with E-state index in [-0.39, 0.29) is 12.3 Å². The Morgan fingerprint density at radius 3 is 2.59 bits per heavy atom. The van der Waals surface area contributed by atoms with Gasteiger partial charge in [-0.25, -0.2) is 4.90 Å². The quantitative estimate of drug-likeness (QED) is 0.500. The maximum atomic E-state index is 13.4. The van der Waals surface area contributed by atoms with Crippen molar-refractivity contribution in [2.24, 2.45) is 11.1 Å². The van der Waals surface area contributed by atoms with Crippen LogP contribution in [0.15, 0.2) is 35.3 Å². The molecule has 3 saturated heterocycles. The Morgan fingerprint density at radius 2 is 1.86 bits per heavy atom. The number of nitrogens with one attached hydrogen (secondary N) is 2. The lowest BCUT2D eigenvalue weighted by atomic mass is 9.96. The van der Waals surface area contributed by atoms with Gasteiger partial charge in [-0.15, -0.1) is 0 Å². The van der Waals surface area contributed by atoms with Crippen molar-refractivity contribution < 1.29 is 14.3 Å². The average Bonchev–Trinajstić information content (AvgIpc) is 3.32. The number of ether oxygens (including phenoxy) is 2. The molecule has 0 aliphatic carbocycles. The summed E-state index contributed by atoms with van der Waals surface area (Å²) < 4.78 is 11.3. The van der Waals surface area contributed by atoms with E-state index < -0.39 is 0 Å². The first-order chi connectivity index (χ1) is 18.1. The molecule has 11 heteroatoms. The summed E-state index contributed by atoms with van der Waals surface area (Å²) in [5.41, 5.74) is 3.57. The number of piperazine rings is 1. The Morgan fingerprint density at radius 1 is 1.11 bits per heavy atom. The lowest BCUT2D eigenvalue weighted by molar-refractivity contribution is -0.120. The van der Waals surface area contributed by atoms with Gasteiger partial charge in [0.25, 0.3) is 5.91 Å². The minimum Gasteiger partial charge on any atom is -0.462 e. The van der Waals surface area contributed by atoms with Crippen LogP contribution in [-0.2, 0) is 20.8 Å². The molecule has 1 aromatic carbocycles. The van der Waals surface area contributed by atoms with E-state index in [1.807, 2.05) is 18.0 Å². The van der Waals surface area contributed by atoms with Crippen LogP contribution in [0.1, 0.15) is 18.4 Å². The number of morpholine rings is 1. The summed E-state index contributed by atoms with van der Waals surface area (Å²) in [6.45, 7) is 9.89. The summed E-state index contributed by atoms with van der Waals surface area (Å²) in [4.78, 5) is 33.0. The fourth-order valence-electron chi connectivity index (χ4n) is 5.58. The number of carbonyl (C=O) groups is 1. The minimum atomic E-state index is -0.295. The summed E-state index contributed by atoms with van der Waals surface area (Å²) in [6.07, 6.45) is 3.11. The highest BCUT2D eigenvalue weighted by atomic mass is 16.5. The van der Waals surface area contributed by atoms with Crippen LogP contribution in [0.4, 0.5) is 11.4 Å². The smallest absolute Gasteiger partial charge is 0.275 e. The van der Waals surface area contributed by atoms with Crippen LogP contribution in [0.3, 0.4) is 0 Å². The molecule has 4 aliphatic rings. The second-order valence-corrected chi connectivity index (χ2v) is 10.3. The zero-order valence-corrected chi connectivity index (χ0v) is 21.7. The van der Waals surface area contributed by atoms with Crippen LogP contribution in [0.2, 0.25) is 0 Å². The van der Waals surface area contributed by atoms with Crippen molar-refractivity contribution in [1.29, 1.82) is 0 Å². The number of benzene rings is 1. The molecule has 5 rings (SSSR count). The monoisotopic (exact) mass is 513 g/mol. The van der Waals surface area contributed by atoms with Crippen molar-refractivity contribution in [1.82, 2.24) is 20.0 Å². The van der Waals surface area contributed by atoms with Crippen LogP contribution in [0.5, 0.6) is 0 Å². The maximum Gasteiger partial charge on any atom is 0.275 e. The molecule has 0 saturated carbocycles. The highest BCUT2D eigenvalue weighted by molar-refractivity contribution is 6.05. The van der Waals surface area contributed by atoms with Gasteiger partial charge in [0.2, 0.25) is 6.35 Å². The molecule has 0 aromatic heterocycles. The third-order valence-electron chi connectivity index (χ3n) is 7.82. The third kappa shape index (κ3) is 6.23. The van der Waals surface area contributed by atoms with Crippen LogP contribution in [-0.4, -0.2) is 106 Å². The SMILES string of the molecule is CN1C(C(=O)Nc2ccc(CN3CCNCC3)cc2N2CCC(CN=O)CC2)=COC1N1CCOCC1. The molecule has 0 bridgehead atoms. The van der Waals surface area contributed by atoms with E-state index in [1.54, 1.807) is 6.26 Å². The third-order valence-corrected chi connectivity index (χ3v) is 7.82. The van der Waals surface area contributed by atoms with Gasteiger partial charge < -0.3 is 29.9 Å². The van der Waals surface area contributed by atoms with Crippen LogP contribution < -0.4 is 15.5 Å². The Labute approximate surface area is 218 Å². The molecule has 11 nitrogen and oxygen atoms in total. The van der Waals surface area contributed by atoms with Crippen molar-refractivity contribution >= 4 is 17.3 Å². The highest BCUT2D eigenvalue weighted by Crippen LogP contribution is 2.33. The van der Waals surface area contributed by atoms with Crippen molar-refractivity contribution in [3.8, 4) is 0 Å². The average molecular weight is 514 g/mol. The molecule has 1 unspecified atom stereocenters. The molecule has 37 heavy (non-hydrogen) atoms. The van der Waals surface area contributed by atoms with E-state index in [2.05, 4.69) is 42.6 Å². The highest BCUT2D eigenvalue weighted by Gasteiger charge is 2.34. The molecule has 202 valence electrons. The second kappa shape index (κ2) is 12.2. The van der Waals surface area contributed by atoms with Gasteiger partial charge in [0.15, 0.2) is 0 Å². The van der Waals surface area contributed by atoms with E-state index in [0.29, 0.717) is 31.4 Å². The van der Waals surface area contributed by atoms with Crippen molar-refractivity contribution in [3.05, 3.63) is 40.6 Å². The van der Waals surface area contributed by atoms with E-state index in [9.17, 15) is 9.70 Å². The van der Waals surface area contributed by atoms with Gasteiger partial charge in [0.1, 0.15) is 12.0 Å². The topological polar surface area (TPSA) is 102 Å². The first-order valence-electron chi connectivity index (χ1n) is 13.4. The fourth-order valence-corrected chi connectivity index (χ4v) is 5.58. The standard InChI is InChI=1S/C26H39N7O4/c1-30-24(19-37-26(30)33-12-14-36-15-13-33)25(34)29-22-3-2-21(18-31-10-6-27-7-11-31)16-23(22)32-8-4-20(5-9-32)17-28-35/h2-3,16,19-20,26-27H,4-15,17-18H2,1H3,(H,29,34). The van der Waals surface area contributed by atoms with Gasteiger partial charge in [-0.3, -0.25) is 9.69 Å². The van der Waals surface area contributed by atoms with E-state index in [4.69, 9.17) is 9.47 Å². The number of hydrogen-bond donors (Lipinski definition) is 2. The number of anilines is 2. The summed E-state index contributed by atoms with van der Waals surface area (Å²) in [6, 6.07) is 6.36. The van der Waals surface area contributed by atoms with E-state index in [1.165, 1.54) is 5.56 Å². The number of piperidine rings is 1. The summed E-state index contributed by atoms with van der Waals surface area (Å²) in [5, 5.41) is 9.69. The molecular formula is C26H39N7O4. The number of hydrogen-bond acceptors (Lipinski definition) is 10. The second-order valence-electron chi connectivity index (χ2n) is 10.3. The molecule has 0 radical (unpaired) electrons. The lowest BCUT2D eigenvalue weighted by Crippen LogP contribution is -2.50. The predicted molar refractivity (Wildman–Crippen MR) is 142 cm³/mol. The Bertz CT molecular complexity index is 970. The summed E-state index contributed by atoms with van der Waals surface area (Å²) >= 11 is 0. The van der Waals surface area contributed by atoms with Gasteiger partial charge in [0, 0.05) is 66.0 Å². The van der Waals surface area contributed by atoms with Gasteiger partial charge >= 0.3 is 0 Å². The number of nitroso groups, excluding NO2 is 1. The number of likely N-dealkylation sites (N-methyl/N-ethyl adjacent to an activating group) is 1. The van der Waals surface area contributed by atoms with Crippen molar-refractivity contribution in [2.75, 3.05) is 89.4 Å². The van der Waals surface area contributed by atoms with E-state index >= 15 is 0 Å². The lowest BCUT2D eigenvalue weighted by Gasteiger charge is -2.36. The first-order valence-corrected chi connectivity index (χ1v) is 13.4. The van der Waals surface area contributed by atoms with Crippen LogP contribution >= 0.6 is 0 Å². The Kier molecular flexibility index (Phi) is 8.55. The van der Waals surface area contributed by atoms with Crippen LogP contribution in [0.25, 0.3) is 0 Å². The number of rotatable bonds is 8. The minimum absolute atomic E-state index is 0.186. The normalized spacial score (nSPS) is 24.0. The first kappa shape index (κ1) is 25.9. The molecule has 3 fully saturated rings. The Balaban J connectivity index is 1.30. The zero-order valence-electron chi connectivity index (χ0n) is 21.7. The molecule has 1 amide bonds. The summed E-state index contributed by atoms with van der Waals surface area (Å²) in [7, 11) is 1.89. The van der Waals surface area contributed by atoms with Gasteiger partial charge in [-0.1, -0.05) is 11.2 Å². The van der Waals surface area contributed by atoms with E-state index in [0.717, 1.165) is 83.1 Å². The van der Waals surface area contributed by atoms with Gasteiger partial charge in [-0.2, -0.15) is 4.91 Å². The zero-order chi connectivity index (χ0) is 25.6. The predicted octanol–water partition coefficient (Wildman–Crippen LogP) is 1.43. The number of amides is 1. The molecule has 1 aromatic rings. The van der Waals surface area contributed by atoms with Crippen LogP contribution in [0, 0.1) is 10.8 Å². The molecular weight excluding hydrogens is 474 g/mol. The fraction of sp³-hybridized carbons (Fsp3) is 0.654. The van der Waals surface area contributed by atoms with Gasteiger partial charge in [0.05, 0.1) is 31.1 Å². The van der Waals surface area contributed by atoms with Crippen molar-refractivity contribution in [2.45, 2.75) is 25.7 Å². The Hall–Kier alpha value is -2.73. The van der Waals surface area contributed by atoms with Gasteiger partial charge in [-0.05, 0) is 36.5 Å². The number of nitrogens with zero attached hydrogens (tertiary/aromatic N) is 5. The summed E-state index contributed by atoms with van der Waals surface area (Å²) in [5.74, 6) is 0.150. The number of carbonyl (C=O) groups excluding carboxylic acids is 1.